The van der Waals surface area contributed by atoms with E-state index < -0.39 is 0 Å². The number of fused-ring (bicyclic) bond motifs is 2. The molecule has 0 N–H and O–H groups in total. The molecule has 0 aliphatic heterocycles. The average molecular weight is 366 g/mol. The van der Waals surface area contributed by atoms with Gasteiger partial charge in [-0.3, -0.25) is 4.79 Å². The average Bonchev–Trinajstić information content (AvgIpc) is 3.19. The molecule has 0 aliphatic rings. The summed E-state index contributed by atoms with van der Waals surface area (Å²) < 4.78 is 3.24. The van der Waals surface area contributed by atoms with Gasteiger partial charge in [-0.1, -0.05) is 60.7 Å². The zero-order valence-electron chi connectivity index (χ0n) is 15.4. The number of hydrogen-bond donors (Lipinski definition) is 0. The minimum absolute atomic E-state index is 0.144. The Balaban J connectivity index is 1.70. The fourth-order valence-electron chi connectivity index (χ4n) is 3.69. The molecule has 0 saturated carbocycles. The molecular formula is C23H18N4O. The summed E-state index contributed by atoms with van der Waals surface area (Å²) in [6.45, 7) is 2.33. The van der Waals surface area contributed by atoms with Crippen molar-refractivity contribution < 1.29 is 0 Å². The van der Waals surface area contributed by atoms with E-state index in [1.807, 2.05) is 61.5 Å². The van der Waals surface area contributed by atoms with Crippen LogP contribution in [0.5, 0.6) is 0 Å². The summed E-state index contributed by atoms with van der Waals surface area (Å²) in [5.74, 6) is 0. The predicted molar refractivity (Wildman–Crippen MR) is 111 cm³/mol. The van der Waals surface area contributed by atoms with Gasteiger partial charge in [0.25, 0.3) is 5.56 Å². The molecular weight excluding hydrogens is 348 g/mol. The Morgan fingerprint density at radius 1 is 0.857 bits per heavy atom. The van der Waals surface area contributed by atoms with E-state index in [-0.39, 0.29) is 5.56 Å². The van der Waals surface area contributed by atoms with Crippen LogP contribution in [0.2, 0.25) is 0 Å². The Hall–Kier alpha value is -3.73. The second kappa shape index (κ2) is 6.46. The zero-order chi connectivity index (χ0) is 19.1. The largest absolute Gasteiger partial charge is 0.293 e. The summed E-state index contributed by atoms with van der Waals surface area (Å²) in [5.41, 5.74) is 3.12. The molecule has 5 rings (SSSR count). The van der Waals surface area contributed by atoms with Crippen LogP contribution in [0.1, 0.15) is 11.3 Å². The van der Waals surface area contributed by atoms with E-state index in [1.54, 1.807) is 15.6 Å². The maximum atomic E-state index is 13.3. The monoisotopic (exact) mass is 366 g/mol. The number of aryl methyl sites for hydroxylation is 1. The van der Waals surface area contributed by atoms with E-state index in [2.05, 4.69) is 28.4 Å². The number of hydrogen-bond acceptors (Lipinski definition) is 3. The summed E-state index contributed by atoms with van der Waals surface area (Å²) in [6, 6.07) is 24.0. The van der Waals surface area contributed by atoms with Gasteiger partial charge < -0.3 is 0 Å². The third-order valence-corrected chi connectivity index (χ3v) is 5.07. The molecule has 0 atom stereocenters. The van der Waals surface area contributed by atoms with Crippen LogP contribution in [0.4, 0.5) is 0 Å². The van der Waals surface area contributed by atoms with Crippen LogP contribution in [-0.2, 0) is 6.54 Å². The lowest BCUT2D eigenvalue weighted by molar-refractivity contribution is 0.637. The minimum Gasteiger partial charge on any atom is -0.265 e. The van der Waals surface area contributed by atoms with Crippen LogP contribution in [0.25, 0.3) is 27.4 Å². The second-order valence-corrected chi connectivity index (χ2v) is 6.84. The molecule has 0 unspecified atom stereocenters. The molecule has 2 heterocycles. The fraction of sp³-hybridized carbons (Fsp3) is 0.0870. The highest BCUT2D eigenvalue weighted by Crippen LogP contribution is 2.20. The highest BCUT2D eigenvalue weighted by atomic mass is 16.1. The smallest absolute Gasteiger partial charge is 0.265 e. The van der Waals surface area contributed by atoms with Gasteiger partial charge in [0.2, 0.25) is 0 Å². The van der Waals surface area contributed by atoms with Crippen molar-refractivity contribution in [3.63, 3.8) is 0 Å². The summed E-state index contributed by atoms with van der Waals surface area (Å²) >= 11 is 0. The zero-order valence-corrected chi connectivity index (χ0v) is 15.4. The van der Waals surface area contributed by atoms with Crippen molar-refractivity contribution in [1.29, 1.82) is 0 Å². The van der Waals surface area contributed by atoms with Crippen molar-refractivity contribution in [2.24, 2.45) is 0 Å². The van der Waals surface area contributed by atoms with Crippen molar-refractivity contribution >= 4 is 21.7 Å². The topological polar surface area (TPSA) is 52.7 Å². The first kappa shape index (κ1) is 16.4. The van der Waals surface area contributed by atoms with Gasteiger partial charge in [0.05, 0.1) is 24.1 Å². The van der Waals surface area contributed by atoms with Gasteiger partial charge in [-0.05, 0) is 35.4 Å². The lowest BCUT2D eigenvalue weighted by Gasteiger charge is -2.10. The Bertz CT molecular complexity index is 1360. The van der Waals surface area contributed by atoms with Crippen molar-refractivity contribution in [2.75, 3.05) is 0 Å². The maximum Gasteiger partial charge on any atom is 0.293 e. The van der Waals surface area contributed by atoms with Gasteiger partial charge in [-0.15, -0.1) is 0 Å². The van der Waals surface area contributed by atoms with Gasteiger partial charge in [-0.25, -0.2) is 9.36 Å². The molecule has 0 aliphatic carbocycles. The minimum atomic E-state index is -0.144. The third kappa shape index (κ3) is 2.60. The standard InChI is InChI=1S/C23H18N4O/c1-16-21-14-24-27(19-11-3-2-4-12-19)22(21)23(28)26(25-16)15-18-10-7-9-17-8-5-6-13-20(17)18/h2-14H,15H2,1H3. The highest BCUT2D eigenvalue weighted by molar-refractivity contribution is 5.86. The van der Waals surface area contributed by atoms with E-state index in [0.29, 0.717) is 12.1 Å². The quantitative estimate of drug-likeness (QED) is 0.483. The Labute approximate surface area is 161 Å². The third-order valence-electron chi connectivity index (χ3n) is 5.07. The Kier molecular flexibility index (Phi) is 3.79. The molecule has 5 aromatic rings. The molecule has 5 nitrogen and oxygen atoms in total. The van der Waals surface area contributed by atoms with Crippen molar-refractivity contribution in [2.45, 2.75) is 13.5 Å². The maximum absolute atomic E-state index is 13.3. The molecule has 136 valence electrons. The normalized spacial score (nSPS) is 11.3. The van der Waals surface area contributed by atoms with Crippen LogP contribution in [0, 0.1) is 6.92 Å². The summed E-state index contributed by atoms with van der Waals surface area (Å²) in [5, 5.41) is 12.1. The molecule has 0 bridgehead atoms. The van der Waals surface area contributed by atoms with Gasteiger partial charge in [0.15, 0.2) is 0 Å². The molecule has 5 heteroatoms. The Morgan fingerprint density at radius 3 is 2.46 bits per heavy atom. The fourth-order valence-corrected chi connectivity index (χ4v) is 3.69. The number of aromatic nitrogens is 4. The van der Waals surface area contributed by atoms with Crippen LogP contribution < -0.4 is 5.56 Å². The summed E-state index contributed by atoms with van der Waals surface area (Å²) in [6.07, 6.45) is 1.72. The van der Waals surface area contributed by atoms with Crippen molar-refractivity contribution in [1.82, 2.24) is 19.6 Å². The van der Waals surface area contributed by atoms with E-state index in [9.17, 15) is 4.79 Å². The van der Waals surface area contributed by atoms with Crippen LogP contribution in [0.15, 0.2) is 83.8 Å². The number of rotatable bonds is 3. The molecule has 28 heavy (non-hydrogen) atoms. The lowest BCUT2D eigenvalue weighted by atomic mass is 10.0. The van der Waals surface area contributed by atoms with E-state index >= 15 is 0 Å². The van der Waals surface area contributed by atoms with Gasteiger partial charge in [0, 0.05) is 5.39 Å². The lowest BCUT2D eigenvalue weighted by Crippen LogP contribution is -2.26. The molecule has 0 radical (unpaired) electrons. The number of benzene rings is 3. The van der Waals surface area contributed by atoms with Gasteiger partial charge in [-0.2, -0.15) is 10.2 Å². The van der Waals surface area contributed by atoms with E-state index in [4.69, 9.17) is 0 Å². The first-order valence-electron chi connectivity index (χ1n) is 9.20. The van der Waals surface area contributed by atoms with E-state index in [1.165, 1.54) is 0 Å². The first-order valence-corrected chi connectivity index (χ1v) is 9.20. The van der Waals surface area contributed by atoms with E-state index in [0.717, 1.165) is 33.1 Å². The second-order valence-electron chi connectivity index (χ2n) is 6.84. The van der Waals surface area contributed by atoms with Crippen LogP contribution >= 0.6 is 0 Å². The molecule has 0 amide bonds. The molecule has 0 spiro atoms. The highest BCUT2D eigenvalue weighted by Gasteiger charge is 2.15. The predicted octanol–water partition coefficient (Wildman–Crippen LogP) is 4.09. The SMILES string of the molecule is Cc1nn(Cc2cccc3ccccc23)c(=O)c2c1cnn2-c1ccccc1. The van der Waals surface area contributed by atoms with Crippen molar-refractivity contribution in [3.05, 3.63) is 101 Å². The molecule has 3 aromatic carbocycles. The Morgan fingerprint density at radius 2 is 1.61 bits per heavy atom. The number of para-hydroxylation sites is 1. The van der Waals surface area contributed by atoms with Crippen LogP contribution in [-0.4, -0.2) is 19.6 Å². The molecule has 2 aromatic heterocycles. The molecule has 0 fully saturated rings. The number of nitrogens with zero attached hydrogens (tertiary/aromatic N) is 4. The van der Waals surface area contributed by atoms with Gasteiger partial charge >= 0.3 is 0 Å². The summed E-state index contributed by atoms with van der Waals surface area (Å²) in [4.78, 5) is 13.3. The van der Waals surface area contributed by atoms with Gasteiger partial charge in [0.1, 0.15) is 5.52 Å². The first-order chi connectivity index (χ1) is 13.7. The van der Waals surface area contributed by atoms with Crippen LogP contribution in [0.3, 0.4) is 0 Å². The molecule has 0 saturated heterocycles. The van der Waals surface area contributed by atoms with Crippen molar-refractivity contribution in [3.8, 4) is 5.69 Å². The summed E-state index contributed by atoms with van der Waals surface area (Å²) in [7, 11) is 0.